The third kappa shape index (κ3) is 4.15. The molecule has 2 N–H and O–H groups in total. The Morgan fingerprint density at radius 3 is 2.57 bits per heavy atom. The van der Waals surface area contributed by atoms with E-state index in [1.54, 1.807) is 49.6 Å². The Kier molecular flexibility index (Phi) is 5.43. The molecule has 0 aliphatic rings. The number of hydrogen-bond donors (Lipinski definition) is 2. The summed E-state index contributed by atoms with van der Waals surface area (Å²) in [5, 5.41) is 5.34. The molecule has 0 bridgehead atoms. The second-order valence-corrected chi connectivity index (χ2v) is 6.50. The SMILES string of the molecule is COc1ccccc1-c1nc2ccc(NC(=O)CNC(=O)c3ccccc3)cc2o1. The molecule has 0 aliphatic carbocycles. The second-order valence-electron chi connectivity index (χ2n) is 6.50. The largest absolute Gasteiger partial charge is 0.496 e. The Bertz CT molecular complexity index is 1200. The van der Waals surface area contributed by atoms with Gasteiger partial charge in [0.15, 0.2) is 5.58 Å². The van der Waals surface area contributed by atoms with Crippen LogP contribution in [0.15, 0.2) is 77.2 Å². The second kappa shape index (κ2) is 8.48. The molecule has 4 aromatic rings. The van der Waals surface area contributed by atoms with E-state index in [1.165, 1.54) is 0 Å². The van der Waals surface area contributed by atoms with Gasteiger partial charge in [0.2, 0.25) is 11.8 Å². The zero-order chi connectivity index (χ0) is 20.9. The van der Waals surface area contributed by atoms with Gasteiger partial charge in [0.05, 0.1) is 19.2 Å². The fourth-order valence-corrected chi connectivity index (χ4v) is 3.00. The Morgan fingerprint density at radius 1 is 1.00 bits per heavy atom. The normalized spacial score (nSPS) is 10.6. The zero-order valence-electron chi connectivity index (χ0n) is 16.2. The highest BCUT2D eigenvalue weighted by Gasteiger charge is 2.14. The fraction of sp³-hybridized carbons (Fsp3) is 0.0870. The van der Waals surface area contributed by atoms with E-state index in [1.807, 2.05) is 30.3 Å². The van der Waals surface area contributed by atoms with Gasteiger partial charge < -0.3 is 19.8 Å². The molecule has 0 radical (unpaired) electrons. The van der Waals surface area contributed by atoms with Crippen LogP contribution >= 0.6 is 0 Å². The number of amides is 2. The number of anilines is 1. The predicted molar refractivity (Wildman–Crippen MR) is 113 cm³/mol. The Balaban J connectivity index is 1.45. The number of rotatable bonds is 6. The summed E-state index contributed by atoms with van der Waals surface area (Å²) in [5.74, 6) is 0.439. The third-order valence-electron chi connectivity index (χ3n) is 4.46. The van der Waals surface area contributed by atoms with Crippen molar-refractivity contribution in [1.29, 1.82) is 0 Å². The number of benzene rings is 3. The van der Waals surface area contributed by atoms with Gasteiger partial charge in [0.25, 0.3) is 5.91 Å². The lowest BCUT2D eigenvalue weighted by Crippen LogP contribution is -2.32. The first-order chi connectivity index (χ1) is 14.6. The van der Waals surface area contributed by atoms with Crippen molar-refractivity contribution in [2.24, 2.45) is 0 Å². The van der Waals surface area contributed by atoms with Crippen molar-refractivity contribution >= 4 is 28.6 Å². The molecule has 0 aliphatic heterocycles. The summed E-state index contributed by atoms with van der Waals surface area (Å²) in [6.45, 7) is -0.144. The molecular formula is C23H19N3O4. The van der Waals surface area contributed by atoms with Crippen molar-refractivity contribution < 1.29 is 18.7 Å². The number of aromatic nitrogens is 1. The Hall–Kier alpha value is -4.13. The maximum absolute atomic E-state index is 12.2. The molecule has 2 amide bonds. The molecule has 30 heavy (non-hydrogen) atoms. The minimum atomic E-state index is -0.344. The topological polar surface area (TPSA) is 93.5 Å². The minimum Gasteiger partial charge on any atom is -0.496 e. The minimum absolute atomic E-state index is 0.144. The summed E-state index contributed by atoms with van der Waals surface area (Å²) < 4.78 is 11.2. The average molecular weight is 401 g/mol. The molecule has 4 rings (SSSR count). The van der Waals surface area contributed by atoms with Crippen LogP contribution in [0.3, 0.4) is 0 Å². The number of ether oxygens (including phenoxy) is 1. The quantitative estimate of drug-likeness (QED) is 0.512. The molecule has 0 saturated carbocycles. The third-order valence-corrected chi connectivity index (χ3v) is 4.46. The van der Waals surface area contributed by atoms with Gasteiger partial charge in [-0.25, -0.2) is 4.98 Å². The van der Waals surface area contributed by atoms with Crippen LogP contribution in [0.4, 0.5) is 5.69 Å². The van der Waals surface area contributed by atoms with Gasteiger partial charge in [-0.2, -0.15) is 0 Å². The summed E-state index contributed by atoms with van der Waals surface area (Å²) in [6, 6.07) is 21.3. The van der Waals surface area contributed by atoms with Crippen molar-refractivity contribution in [3.8, 4) is 17.2 Å². The highest BCUT2D eigenvalue weighted by molar-refractivity contribution is 5.99. The molecule has 3 aromatic carbocycles. The number of hydrogen-bond acceptors (Lipinski definition) is 5. The molecule has 7 nitrogen and oxygen atoms in total. The Morgan fingerprint density at radius 2 is 1.77 bits per heavy atom. The summed E-state index contributed by atoms with van der Waals surface area (Å²) in [4.78, 5) is 28.7. The maximum Gasteiger partial charge on any atom is 0.251 e. The zero-order valence-corrected chi connectivity index (χ0v) is 16.2. The molecular weight excluding hydrogens is 382 g/mol. The number of methoxy groups -OCH3 is 1. The van der Waals surface area contributed by atoms with Crippen LogP contribution in [-0.4, -0.2) is 30.5 Å². The van der Waals surface area contributed by atoms with Crippen LogP contribution in [0.25, 0.3) is 22.6 Å². The lowest BCUT2D eigenvalue weighted by atomic mass is 10.2. The monoisotopic (exact) mass is 401 g/mol. The standard InChI is InChI=1S/C23H19N3O4/c1-29-19-10-6-5-9-17(19)23-26-18-12-11-16(13-20(18)30-23)25-21(27)14-24-22(28)15-7-3-2-4-8-15/h2-13H,14H2,1H3,(H,24,28)(H,25,27). The number of fused-ring (bicyclic) bond motifs is 1. The molecule has 0 fully saturated rings. The summed E-state index contributed by atoms with van der Waals surface area (Å²) in [6.07, 6.45) is 0. The van der Waals surface area contributed by atoms with Gasteiger partial charge in [0.1, 0.15) is 11.3 Å². The predicted octanol–water partition coefficient (Wildman–Crippen LogP) is 3.87. The summed E-state index contributed by atoms with van der Waals surface area (Å²) in [5.41, 5.74) is 2.97. The lowest BCUT2D eigenvalue weighted by molar-refractivity contribution is -0.115. The number of nitrogens with zero attached hydrogens (tertiary/aromatic N) is 1. The molecule has 150 valence electrons. The first-order valence-electron chi connectivity index (χ1n) is 9.31. The van der Waals surface area contributed by atoms with E-state index in [4.69, 9.17) is 9.15 Å². The molecule has 0 spiro atoms. The fourth-order valence-electron chi connectivity index (χ4n) is 3.00. The van der Waals surface area contributed by atoms with E-state index in [0.717, 1.165) is 5.56 Å². The first-order valence-corrected chi connectivity index (χ1v) is 9.31. The van der Waals surface area contributed by atoms with Crippen molar-refractivity contribution in [2.45, 2.75) is 0 Å². The van der Waals surface area contributed by atoms with Gasteiger partial charge in [-0.3, -0.25) is 9.59 Å². The van der Waals surface area contributed by atoms with Crippen molar-refractivity contribution in [3.05, 3.63) is 78.4 Å². The van der Waals surface area contributed by atoms with Crippen LogP contribution in [0, 0.1) is 0 Å². The van der Waals surface area contributed by atoms with Crippen LogP contribution in [-0.2, 0) is 4.79 Å². The van der Waals surface area contributed by atoms with Crippen LogP contribution in [0.2, 0.25) is 0 Å². The van der Waals surface area contributed by atoms with Crippen LogP contribution in [0.1, 0.15) is 10.4 Å². The smallest absolute Gasteiger partial charge is 0.251 e. The van der Waals surface area contributed by atoms with E-state index in [0.29, 0.717) is 34.0 Å². The lowest BCUT2D eigenvalue weighted by Gasteiger charge is -2.07. The van der Waals surface area contributed by atoms with Crippen molar-refractivity contribution in [3.63, 3.8) is 0 Å². The average Bonchev–Trinajstić information content (AvgIpc) is 3.21. The molecule has 1 heterocycles. The van der Waals surface area contributed by atoms with Gasteiger partial charge in [-0.1, -0.05) is 30.3 Å². The number of para-hydroxylation sites is 1. The Labute approximate surface area is 172 Å². The van der Waals surface area contributed by atoms with Gasteiger partial charge in [0, 0.05) is 17.3 Å². The molecule has 7 heteroatoms. The highest BCUT2D eigenvalue weighted by Crippen LogP contribution is 2.32. The van der Waals surface area contributed by atoms with Gasteiger partial charge in [-0.05, 0) is 36.4 Å². The number of oxazole rings is 1. The van der Waals surface area contributed by atoms with Crippen molar-refractivity contribution in [1.82, 2.24) is 10.3 Å². The van der Waals surface area contributed by atoms with E-state index in [9.17, 15) is 9.59 Å². The van der Waals surface area contributed by atoms with E-state index < -0.39 is 0 Å². The van der Waals surface area contributed by atoms with Crippen LogP contribution < -0.4 is 15.4 Å². The highest BCUT2D eigenvalue weighted by atomic mass is 16.5. The first kappa shape index (κ1) is 19.2. The van der Waals surface area contributed by atoms with E-state index in [2.05, 4.69) is 15.6 Å². The molecule has 0 unspecified atom stereocenters. The van der Waals surface area contributed by atoms with Gasteiger partial charge in [-0.15, -0.1) is 0 Å². The van der Waals surface area contributed by atoms with Gasteiger partial charge >= 0.3 is 0 Å². The number of nitrogens with one attached hydrogen (secondary N) is 2. The van der Waals surface area contributed by atoms with E-state index >= 15 is 0 Å². The number of carbonyl (C=O) groups is 2. The molecule has 0 atom stereocenters. The molecule has 1 aromatic heterocycles. The van der Waals surface area contributed by atoms with Crippen molar-refractivity contribution in [2.75, 3.05) is 19.0 Å². The number of carbonyl (C=O) groups excluding carboxylic acids is 2. The maximum atomic E-state index is 12.2. The van der Waals surface area contributed by atoms with E-state index in [-0.39, 0.29) is 18.4 Å². The summed E-state index contributed by atoms with van der Waals surface area (Å²) in [7, 11) is 1.59. The molecule has 0 saturated heterocycles. The van der Waals surface area contributed by atoms with Crippen LogP contribution in [0.5, 0.6) is 5.75 Å². The summed E-state index contributed by atoms with van der Waals surface area (Å²) >= 11 is 0.